The molecule has 5 nitrogen and oxygen atoms in total. The van der Waals surface area contributed by atoms with E-state index in [1.54, 1.807) is 4.31 Å². The minimum atomic E-state index is -3.32. The summed E-state index contributed by atoms with van der Waals surface area (Å²) in [4.78, 5) is 0. The van der Waals surface area contributed by atoms with Gasteiger partial charge in [0.05, 0.1) is 0 Å². The third-order valence-corrected chi connectivity index (χ3v) is 5.30. The van der Waals surface area contributed by atoms with E-state index in [9.17, 15) is 8.42 Å². The summed E-state index contributed by atoms with van der Waals surface area (Å²) in [6, 6.07) is -0.0664. The number of nitrogens with two attached hydrogens (primary N) is 1. The zero-order chi connectivity index (χ0) is 12.3. The third kappa shape index (κ3) is 4.35. The Hall–Kier alpha value is 0.120. The minimum Gasteiger partial charge on any atom is -0.329 e. The van der Waals surface area contributed by atoms with Gasteiger partial charge < -0.3 is 5.73 Å². The van der Waals surface area contributed by atoms with Gasteiger partial charge in [0, 0.05) is 25.7 Å². The molecule has 0 radical (unpaired) electrons. The molecule has 2 rings (SSSR count). The van der Waals surface area contributed by atoms with Gasteiger partial charge in [-0.3, -0.25) is 0 Å². The lowest BCUT2D eigenvalue weighted by Crippen LogP contribution is -2.49. The molecule has 0 aromatic carbocycles. The molecule has 1 saturated heterocycles. The Morgan fingerprint density at radius 1 is 1.17 bits per heavy atom. The second-order valence-corrected chi connectivity index (χ2v) is 6.82. The molecule has 1 unspecified atom stereocenters. The Kier molecular flexibility index (Phi) is 6.34. The fourth-order valence-corrected chi connectivity index (χ4v) is 3.94. The first-order valence-corrected chi connectivity index (χ1v) is 8.05. The summed E-state index contributed by atoms with van der Waals surface area (Å²) in [6.45, 7) is 1.70. The Labute approximate surface area is 116 Å². The summed E-state index contributed by atoms with van der Waals surface area (Å²) in [5.41, 5.74) is 5.64. The van der Waals surface area contributed by atoms with Gasteiger partial charge in [-0.25, -0.2) is 0 Å². The van der Waals surface area contributed by atoms with Crippen molar-refractivity contribution in [3.05, 3.63) is 0 Å². The number of nitrogens with zero attached hydrogens (tertiary/aromatic N) is 1. The van der Waals surface area contributed by atoms with Crippen molar-refractivity contribution in [1.82, 2.24) is 9.03 Å². The Balaban J connectivity index is 0.00000162. The van der Waals surface area contributed by atoms with Crippen molar-refractivity contribution >= 4 is 22.6 Å². The van der Waals surface area contributed by atoms with Crippen LogP contribution in [0.4, 0.5) is 0 Å². The zero-order valence-electron chi connectivity index (χ0n) is 10.7. The van der Waals surface area contributed by atoms with Gasteiger partial charge in [-0.05, 0) is 31.6 Å². The van der Waals surface area contributed by atoms with Gasteiger partial charge in [-0.15, -0.1) is 12.4 Å². The lowest BCUT2D eigenvalue weighted by molar-refractivity contribution is 0.402. The van der Waals surface area contributed by atoms with E-state index < -0.39 is 10.2 Å². The molecule has 0 spiro atoms. The van der Waals surface area contributed by atoms with Crippen LogP contribution in [0, 0.1) is 5.92 Å². The van der Waals surface area contributed by atoms with Crippen LogP contribution in [0.15, 0.2) is 0 Å². The van der Waals surface area contributed by atoms with Crippen molar-refractivity contribution in [2.45, 2.75) is 44.6 Å². The highest BCUT2D eigenvalue weighted by Gasteiger charge is 2.34. The fraction of sp³-hybridized carbons (Fsp3) is 1.00. The van der Waals surface area contributed by atoms with E-state index in [0.29, 0.717) is 25.6 Å². The van der Waals surface area contributed by atoms with Gasteiger partial charge >= 0.3 is 0 Å². The van der Waals surface area contributed by atoms with Crippen LogP contribution in [-0.4, -0.2) is 38.4 Å². The van der Waals surface area contributed by atoms with Crippen LogP contribution in [0.25, 0.3) is 0 Å². The first-order chi connectivity index (χ1) is 8.13. The molecular weight excluding hydrogens is 274 g/mol. The Morgan fingerprint density at radius 3 is 2.17 bits per heavy atom. The van der Waals surface area contributed by atoms with Crippen molar-refractivity contribution < 1.29 is 8.42 Å². The van der Waals surface area contributed by atoms with Crippen LogP contribution >= 0.6 is 12.4 Å². The van der Waals surface area contributed by atoms with Gasteiger partial charge in [0.2, 0.25) is 0 Å². The van der Waals surface area contributed by atoms with Crippen molar-refractivity contribution in [2.75, 3.05) is 19.6 Å². The molecule has 1 saturated carbocycles. The maximum absolute atomic E-state index is 12.2. The molecule has 0 aromatic rings. The lowest BCUT2D eigenvalue weighted by atomic mass is 10.2. The summed E-state index contributed by atoms with van der Waals surface area (Å²) in [6.07, 6.45) is 6.41. The number of nitrogens with one attached hydrogen (secondary N) is 1. The number of hydrogen-bond donors (Lipinski definition) is 2. The first-order valence-electron chi connectivity index (χ1n) is 6.61. The van der Waals surface area contributed by atoms with Crippen molar-refractivity contribution in [1.29, 1.82) is 0 Å². The molecule has 0 aromatic heterocycles. The smallest absolute Gasteiger partial charge is 0.279 e. The SMILES string of the molecule is Cl.NCC(NS(=O)(=O)N1CCCCCC1)C1CC1. The molecule has 1 aliphatic heterocycles. The maximum Gasteiger partial charge on any atom is 0.279 e. The monoisotopic (exact) mass is 297 g/mol. The summed E-state index contributed by atoms with van der Waals surface area (Å²) in [5.74, 6) is 0.460. The lowest BCUT2D eigenvalue weighted by Gasteiger charge is -2.24. The van der Waals surface area contributed by atoms with Crippen LogP contribution in [0.1, 0.15) is 38.5 Å². The molecule has 3 N–H and O–H groups in total. The van der Waals surface area contributed by atoms with Crippen molar-refractivity contribution in [2.24, 2.45) is 11.7 Å². The predicted molar refractivity (Wildman–Crippen MR) is 74.9 cm³/mol. The summed E-state index contributed by atoms with van der Waals surface area (Å²) in [5, 5.41) is 0. The van der Waals surface area contributed by atoms with Crippen molar-refractivity contribution in [3.8, 4) is 0 Å². The molecule has 1 aliphatic carbocycles. The molecule has 0 bridgehead atoms. The van der Waals surface area contributed by atoms with Crippen LogP contribution < -0.4 is 10.5 Å². The van der Waals surface area contributed by atoms with Crippen LogP contribution in [0.5, 0.6) is 0 Å². The fourth-order valence-electron chi connectivity index (χ4n) is 2.38. The molecule has 0 amide bonds. The standard InChI is InChI=1S/C11H23N3O2S.ClH/c12-9-11(10-5-6-10)13-17(15,16)14-7-3-1-2-4-8-14;/h10-11,13H,1-9,12H2;1H. The maximum atomic E-state index is 12.2. The van der Waals surface area contributed by atoms with Gasteiger partial charge in [0.15, 0.2) is 0 Å². The molecule has 18 heavy (non-hydrogen) atoms. The number of hydrogen-bond acceptors (Lipinski definition) is 3. The van der Waals surface area contributed by atoms with Crippen molar-refractivity contribution in [3.63, 3.8) is 0 Å². The normalized spacial score (nSPS) is 24.1. The van der Waals surface area contributed by atoms with E-state index in [1.165, 1.54) is 0 Å². The largest absolute Gasteiger partial charge is 0.329 e. The van der Waals surface area contributed by atoms with E-state index in [0.717, 1.165) is 38.5 Å². The molecule has 2 aliphatic rings. The first kappa shape index (κ1) is 16.2. The number of halogens is 1. The van der Waals surface area contributed by atoms with E-state index in [2.05, 4.69) is 4.72 Å². The van der Waals surface area contributed by atoms with Crippen LogP contribution in [0.3, 0.4) is 0 Å². The minimum absolute atomic E-state index is 0. The van der Waals surface area contributed by atoms with Gasteiger partial charge in [0.1, 0.15) is 0 Å². The van der Waals surface area contributed by atoms with Gasteiger partial charge in [-0.2, -0.15) is 17.4 Å². The van der Waals surface area contributed by atoms with E-state index in [-0.39, 0.29) is 18.4 Å². The Bertz CT molecular complexity index is 338. The highest BCUT2D eigenvalue weighted by molar-refractivity contribution is 7.87. The van der Waals surface area contributed by atoms with Gasteiger partial charge in [-0.1, -0.05) is 12.8 Å². The average Bonchev–Trinajstić information content (AvgIpc) is 3.11. The molecular formula is C11H24ClN3O2S. The quantitative estimate of drug-likeness (QED) is 0.790. The second kappa shape index (κ2) is 7.05. The topological polar surface area (TPSA) is 75.4 Å². The van der Waals surface area contributed by atoms with E-state index >= 15 is 0 Å². The molecule has 1 heterocycles. The highest BCUT2D eigenvalue weighted by Crippen LogP contribution is 2.32. The second-order valence-electron chi connectivity index (χ2n) is 5.12. The average molecular weight is 298 g/mol. The summed E-state index contributed by atoms with van der Waals surface area (Å²) >= 11 is 0. The molecule has 108 valence electrons. The Morgan fingerprint density at radius 2 is 1.72 bits per heavy atom. The van der Waals surface area contributed by atoms with Crippen LogP contribution in [-0.2, 0) is 10.2 Å². The summed E-state index contributed by atoms with van der Waals surface area (Å²) in [7, 11) is -3.32. The predicted octanol–water partition coefficient (Wildman–Crippen LogP) is 0.856. The summed E-state index contributed by atoms with van der Waals surface area (Å²) < 4.78 is 28.8. The highest BCUT2D eigenvalue weighted by atomic mass is 35.5. The zero-order valence-corrected chi connectivity index (χ0v) is 12.3. The third-order valence-electron chi connectivity index (χ3n) is 3.65. The molecule has 7 heteroatoms. The molecule has 2 fully saturated rings. The van der Waals surface area contributed by atoms with E-state index in [4.69, 9.17) is 5.73 Å². The van der Waals surface area contributed by atoms with Gasteiger partial charge in [0.25, 0.3) is 10.2 Å². The number of rotatable bonds is 5. The van der Waals surface area contributed by atoms with E-state index in [1.807, 2.05) is 0 Å². The molecule has 1 atom stereocenters. The van der Waals surface area contributed by atoms with Crippen LogP contribution in [0.2, 0.25) is 0 Å².